The zero-order valence-corrected chi connectivity index (χ0v) is 20.7. The monoisotopic (exact) mass is 489 g/mol. The van der Waals surface area contributed by atoms with Crippen LogP contribution in [0.25, 0.3) is 11.1 Å². The molecule has 6 heteroatoms. The average Bonchev–Trinajstić information content (AvgIpc) is 3.37. The molecule has 36 heavy (non-hydrogen) atoms. The lowest BCUT2D eigenvalue weighted by Gasteiger charge is -2.31. The number of likely N-dealkylation sites (tertiary alicyclic amines) is 1. The maximum atomic E-state index is 13.3. The molecular formula is C30H32FNO4. The third-order valence-electron chi connectivity index (χ3n) is 7.28. The zero-order valence-electron chi connectivity index (χ0n) is 20.7. The summed E-state index contributed by atoms with van der Waals surface area (Å²) >= 11 is 0. The molecule has 1 unspecified atom stereocenters. The van der Waals surface area contributed by atoms with Crippen LogP contribution in [0.15, 0.2) is 66.7 Å². The van der Waals surface area contributed by atoms with Crippen LogP contribution in [-0.4, -0.2) is 47.0 Å². The summed E-state index contributed by atoms with van der Waals surface area (Å²) in [5.41, 5.74) is 4.53. The molecule has 0 radical (unpaired) electrons. The minimum absolute atomic E-state index is 0.00471. The van der Waals surface area contributed by atoms with Crippen molar-refractivity contribution in [3.8, 4) is 23.0 Å². The first-order valence-electron chi connectivity index (χ1n) is 12.5. The molecule has 2 aliphatic rings. The number of alkyl halides is 1. The molecule has 2 heterocycles. The second kappa shape index (κ2) is 10.2. The minimum atomic E-state index is -0.397. The van der Waals surface area contributed by atoms with Crippen molar-refractivity contribution < 1.29 is 24.1 Å². The molecule has 0 saturated carbocycles. The van der Waals surface area contributed by atoms with Crippen molar-refractivity contribution in [3.63, 3.8) is 0 Å². The first-order valence-corrected chi connectivity index (χ1v) is 12.5. The van der Waals surface area contributed by atoms with Gasteiger partial charge in [0, 0.05) is 23.2 Å². The van der Waals surface area contributed by atoms with E-state index in [2.05, 4.69) is 11.8 Å². The Bertz CT molecular complexity index is 1260. The number of benzene rings is 3. The smallest absolute Gasteiger partial charge is 0.150 e. The van der Waals surface area contributed by atoms with Gasteiger partial charge >= 0.3 is 0 Å². The van der Waals surface area contributed by atoms with Crippen molar-refractivity contribution in [1.29, 1.82) is 0 Å². The summed E-state index contributed by atoms with van der Waals surface area (Å²) in [6.07, 6.45) is 1.55. The molecule has 3 aromatic rings. The first kappa shape index (κ1) is 24.2. The topological polar surface area (TPSA) is 62.2 Å². The van der Waals surface area contributed by atoms with E-state index in [9.17, 15) is 14.6 Å². The molecule has 1 fully saturated rings. The Morgan fingerprint density at radius 1 is 1.06 bits per heavy atom. The molecule has 5 nitrogen and oxygen atoms in total. The number of nitrogens with zero attached hydrogens (tertiary/aromatic N) is 1. The van der Waals surface area contributed by atoms with E-state index in [0.717, 1.165) is 53.0 Å². The van der Waals surface area contributed by atoms with Gasteiger partial charge in [0.15, 0.2) is 0 Å². The van der Waals surface area contributed by atoms with Crippen LogP contribution in [0, 0.1) is 0 Å². The summed E-state index contributed by atoms with van der Waals surface area (Å²) in [7, 11) is 0. The van der Waals surface area contributed by atoms with E-state index < -0.39 is 6.10 Å². The van der Waals surface area contributed by atoms with Crippen LogP contribution in [0.1, 0.15) is 49.5 Å². The minimum Gasteiger partial charge on any atom is -0.508 e. The normalized spacial score (nSPS) is 20.6. The SMILES string of the molecule is CC1=C(c2cccc(O)c2)C(c2ccc(OC[C@H](C)N3CCC[C@H]3CF)cc2)Oc2ccc(O)cc21. The van der Waals surface area contributed by atoms with Gasteiger partial charge in [-0.1, -0.05) is 24.3 Å². The molecule has 0 spiro atoms. The summed E-state index contributed by atoms with van der Waals surface area (Å²) in [6.45, 7) is 5.20. The van der Waals surface area contributed by atoms with Gasteiger partial charge in [-0.15, -0.1) is 0 Å². The summed E-state index contributed by atoms with van der Waals surface area (Å²) in [5, 5.41) is 20.2. The van der Waals surface area contributed by atoms with Gasteiger partial charge < -0.3 is 19.7 Å². The van der Waals surface area contributed by atoms with Gasteiger partial charge in [-0.2, -0.15) is 0 Å². The van der Waals surface area contributed by atoms with Crippen molar-refractivity contribution in [2.24, 2.45) is 0 Å². The molecule has 0 aliphatic carbocycles. The highest BCUT2D eigenvalue weighted by molar-refractivity contribution is 5.95. The number of rotatable bonds is 7. The molecule has 3 aromatic carbocycles. The van der Waals surface area contributed by atoms with Gasteiger partial charge in [-0.3, -0.25) is 4.90 Å². The number of fused-ring (bicyclic) bond motifs is 1. The van der Waals surface area contributed by atoms with Crippen molar-refractivity contribution in [2.75, 3.05) is 19.8 Å². The van der Waals surface area contributed by atoms with Gasteiger partial charge in [-0.05, 0) is 92.4 Å². The average molecular weight is 490 g/mol. The molecule has 2 aliphatic heterocycles. The summed E-state index contributed by atoms with van der Waals surface area (Å²) in [6, 6.07) is 20.2. The number of ether oxygens (including phenoxy) is 2. The standard InChI is InChI=1S/C30H32FNO4/c1-19(32-14-4-6-23(32)17-31)18-35-26-11-8-21(9-12-26)30-29(22-5-3-7-24(33)15-22)20(2)27-16-25(34)10-13-28(27)36-30/h3,5,7-13,15-16,19,23,30,33-34H,4,6,14,17-18H2,1-2H3/t19-,23-,30?/m0/s1. The Morgan fingerprint density at radius 3 is 2.58 bits per heavy atom. The van der Waals surface area contributed by atoms with Crippen molar-refractivity contribution in [2.45, 2.75) is 44.9 Å². The van der Waals surface area contributed by atoms with Crippen LogP contribution in [-0.2, 0) is 0 Å². The summed E-state index contributed by atoms with van der Waals surface area (Å²) in [4.78, 5) is 2.20. The lowest BCUT2D eigenvalue weighted by atomic mass is 9.86. The third kappa shape index (κ3) is 4.78. The number of hydrogen-bond donors (Lipinski definition) is 2. The van der Waals surface area contributed by atoms with E-state index in [-0.39, 0.29) is 30.3 Å². The van der Waals surface area contributed by atoms with Gasteiger partial charge in [-0.25, -0.2) is 4.39 Å². The van der Waals surface area contributed by atoms with E-state index >= 15 is 0 Å². The van der Waals surface area contributed by atoms with Gasteiger partial charge in [0.1, 0.15) is 42.4 Å². The molecular weight excluding hydrogens is 457 g/mol. The van der Waals surface area contributed by atoms with Crippen molar-refractivity contribution >= 4 is 11.1 Å². The van der Waals surface area contributed by atoms with Crippen molar-refractivity contribution in [3.05, 3.63) is 83.4 Å². The molecule has 3 atom stereocenters. The van der Waals surface area contributed by atoms with Gasteiger partial charge in [0.05, 0.1) is 0 Å². The molecule has 0 amide bonds. The predicted molar refractivity (Wildman–Crippen MR) is 139 cm³/mol. The lowest BCUT2D eigenvalue weighted by Crippen LogP contribution is -2.41. The Labute approximate surface area is 211 Å². The lowest BCUT2D eigenvalue weighted by molar-refractivity contribution is 0.120. The molecule has 1 saturated heterocycles. The summed E-state index contributed by atoms with van der Waals surface area (Å²) < 4.78 is 25.8. The van der Waals surface area contributed by atoms with Crippen LogP contribution in [0.4, 0.5) is 4.39 Å². The maximum absolute atomic E-state index is 13.3. The maximum Gasteiger partial charge on any atom is 0.150 e. The van der Waals surface area contributed by atoms with Crippen molar-refractivity contribution in [1.82, 2.24) is 4.90 Å². The van der Waals surface area contributed by atoms with E-state index in [1.54, 1.807) is 30.3 Å². The van der Waals surface area contributed by atoms with E-state index in [0.29, 0.717) is 12.4 Å². The quantitative estimate of drug-likeness (QED) is 0.404. The first-order chi connectivity index (χ1) is 17.4. The second-order valence-electron chi connectivity index (χ2n) is 9.68. The van der Waals surface area contributed by atoms with Crippen LogP contribution in [0.3, 0.4) is 0 Å². The highest BCUT2D eigenvalue weighted by Crippen LogP contribution is 2.47. The number of phenols is 2. The Morgan fingerprint density at radius 2 is 1.83 bits per heavy atom. The Kier molecular flexibility index (Phi) is 6.88. The molecule has 188 valence electrons. The highest BCUT2D eigenvalue weighted by atomic mass is 19.1. The number of phenolic OH excluding ortho intramolecular Hbond substituents is 2. The van der Waals surface area contributed by atoms with E-state index in [4.69, 9.17) is 9.47 Å². The van der Waals surface area contributed by atoms with E-state index in [1.165, 1.54) is 0 Å². The fraction of sp³-hybridized carbons (Fsp3) is 0.333. The largest absolute Gasteiger partial charge is 0.508 e. The number of hydrogen-bond acceptors (Lipinski definition) is 5. The molecule has 0 aromatic heterocycles. The second-order valence-corrected chi connectivity index (χ2v) is 9.68. The van der Waals surface area contributed by atoms with E-state index in [1.807, 2.05) is 43.3 Å². The number of allylic oxidation sites excluding steroid dienone is 1. The zero-order chi connectivity index (χ0) is 25.2. The fourth-order valence-corrected chi connectivity index (χ4v) is 5.37. The molecule has 5 rings (SSSR count). The van der Waals surface area contributed by atoms with Crippen LogP contribution < -0.4 is 9.47 Å². The van der Waals surface area contributed by atoms with Gasteiger partial charge in [0.2, 0.25) is 0 Å². The fourth-order valence-electron chi connectivity index (χ4n) is 5.37. The molecule has 2 N–H and O–H groups in total. The third-order valence-corrected chi connectivity index (χ3v) is 7.28. The number of halogens is 1. The number of aromatic hydroxyl groups is 2. The Hall–Kier alpha value is -3.51. The Balaban J connectivity index is 1.40. The van der Waals surface area contributed by atoms with Crippen LogP contribution in [0.5, 0.6) is 23.0 Å². The van der Waals surface area contributed by atoms with Gasteiger partial charge in [0.25, 0.3) is 0 Å². The highest BCUT2D eigenvalue weighted by Gasteiger charge is 2.30. The van der Waals surface area contributed by atoms with Crippen LogP contribution >= 0.6 is 0 Å². The molecule has 0 bridgehead atoms. The van der Waals surface area contributed by atoms with Crippen LogP contribution in [0.2, 0.25) is 0 Å². The summed E-state index contributed by atoms with van der Waals surface area (Å²) in [5.74, 6) is 1.80. The predicted octanol–water partition coefficient (Wildman–Crippen LogP) is 6.36.